The fourth-order valence-electron chi connectivity index (χ4n) is 2.37. The zero-order valence-corrected chi connectivity index (χ0v) is 11.5. The summed E-state index contributed by atoms with van der Waals surface area (Å²) < 4.78 is 0.440. The molecule has 1 aliphatic carbocycles. The van der Waals surface area contributed by atoms with Gasteiger partial charge in [-0.25, -0.2) is 4.79 Å². The molecule has 4 nitrogen and oxygen atoms in total. The average molecular weight is 303 g/mol. The quantitative estimate of drug-likeness (QED) is 0.840. The summed E-state index contributed by atoms with van der Waals surface area (Å²) in [5.74, 6) is -2.85. The number of rotatable bonds is 3. The van der Waals surface area contributed by atoms with Crippen molar-refractivity contribution in [2.24, 2.45) is 17.3 Å². The number of carbonyl (C=O) groups is 2. The first-order valence-corrected chi connectivity index (χ1v) is 6.10. The van der Waals surface area contributed by atoms with Crippen LogP contribution < -0.4 is 0 Å². The lowest BCUT2D eigenvalue weighted by molar-refractivity contribution is -0.151. The molecule has 0 saturated heterocycles. The summed E-state index contributed by atoms with van der Waals surface area (Å²) in [4.78, 5) is 22.7. The van der Waals surface area contributed by atoms with Crippen molar-refractivity contribution >= 4 is 27.9 Å². The van der Waals surface area contributed by atoms with Crippen LogP contribution in [-0.2, 0) is 9.59 Å². The lowest BCUT2D eigenvalue weighted by Gasteiger charge is -2.38. The number of carboxylic acid groups (broad SMARTS) is 2. The molecule has 0 fully saturated rings. The van der Waals surface area contributed by atoms with E-state index in [-0.39, 0.29) is 11.5 Å². The maximum Gasteiger partial charge on any atom is 0.333 e. The summed E-state index contributed by atoms with van der Waals surface area (Å²) in [6.45, 7) is 5.21. The van der Waals surface area contributed by atoms with Crippen LogP contribution >= 0.6 is 15.9 Å². The Labute approximate surface area is 108 Å². The van der Waals surface area contributed by atoms with Gasteiger partial charge in [-0.05, 0) is 5.92 Å². The zero-order chi connectivity index (χ0) is 13.4. The van der Waals surface area contributed by atoms with Gasteiger partial charge in [0.25, 0.3) is 0 Å². The Morgan fingerprint density at radius 2 is 1.94 bits per heavy atom. The van der Waals surface area contributed by atoms with Gasteiger partial charge in [-0.1, -0.05) is 48.9 Å². The number of hydrogen-bond donors (Lipinski definition) is 2. The molecule has 2 N–H and O–H groups in total. The highest BCUT2D eigenvalue weighted by molar-refractivity contribution is 9.12. The molecule has 0 saturated carbocycles. The molecular formula is C12H15BrO4. The Bertz CT molecular complexity index is 422. The third kappa shape index (κ3) is 2.04. The largest absolute Gasteiger partial charge is 0.481 e. The van der Waals surface area contributed by atoms with Gasteiger partial charge in [0.1, 0.15) is 0 Å². The third-order valence-electron chi connectivity index (χ3n) is 3.47. The van der Waals surface area contributed by atoms with E-state index in [1.807, 2.05) is 0 Å². The van der Waals surface area contributed by atoms with Crippen molar-refractivity contribution in [3.8, 4) is 0 Å². The molecule has 0 aromatic carbocycles. The van der Waals surface area contributed by atoms with Gasteiger partial charge in [-0.2, -0.15) is 0 Å². The molecule has 0 aromatic heterocycles. The fourth-order valence-corrected chi connectivity index (χ4v) is 3.02. The van der Waals surface area contributed by atoms with E-state index in [1.54, 1.807) is 26.8 Å². The molecule has 1 aliphatic rings. The van der Waals surface area contributed by atoms with Crippen LogP contribution in [0.25, 0.3) is 0 Å². The predicted octanol–water partition coefficient (Wildman–Crippen LogP) is 2.65. The van der Waals surface area contributed by atoms with E-state index in [9.17, 15) is 14.7 Å². The van der Waals surface area contributed by atoms with Crippen molar-refractivity contribution in [1.29, 1.82) is 0 Å². The molecule has 2 unspecified atom stereocenters. The molecule has 94 valence electrons. The van der Waals surface area contributed by atoms with Gasteiger partial charge in [0.05, 0.1) is 11.0 Å². The molecule has 0 aliphatic heterocycles. The summed E-state index contributed by atoms with van der Waals surface area (Å²) in [6.07, 6.45) is 3.11. The first-order chi connectivity index (χ1) is 7.75. The van der Waals surface area contributed by atoms with Crippen LogP contribution in [0.5, 0.6) is 0 Å². The minimum absolute atomic E-state index is 0.114. The van der Waals surface area contributed by atoms with Crippen LogP contribution in [0.3, 0.4) is 0 Å². The molecule has 0 radical (unpaired) electrons. The second-order valence-corrected chi connectivity index (χ2v) is 5.37. The third-order valence-corrected chi connectivity index (χ3v) is 4.16. The molecule has 5 heteroatoms. The fraction of sp³-hybridized carbons (Fsp3) is 0.500. The Morgan fingerprint density at radius 1 is 1.41 bits per heavy atom. The Balaban J connectivity index is 3.39. The molecular weight excluding hydrogens is 288 g/mol. The molecule has 0 amide bonds. The second kappa shape index (κ2) is 4.64. The highest BCUT2D eigenvalue weighted by Gasteiger charge is 2.49. The van der Waals surface area contributed by atoms with E-state index in [4.69, 9.17) is 5.11 Å². The van der Waals surface area contributed by atoms with Crippen LogP contribution in [0.1, 0.15) is 20.8 Å². The number of allylic oxidation sites excluding steroid dienone is 2. The van der Waals surface area contributed by atoms with Crippen LogP contribution in [-0.4, -0.2) is 22.2 Å². The molecule has 0 bridgehead atoms. The summed E-state index contributed by atoms with van der Waals surface area (Å²) in [6, 6.07) is 0. The van der Waals surface area contributed by atoms with Crippen molar-refractivity contribution in [2.45, 2.75) is 20.8 Å². The van der Waals surface area contributed by atoms with Gasteiger partial charge in [-0.15, -0.1) is 0 Å². The lowest BCUT2D eigenvalue weighted by atomic mass is 9.63. The van der Waals surface area contributed by atoms with Crippen molar-refractivity contribution < 1.29 is 19.8 Å². The number of aliphatic carboxylic acids is 2. The zero-order valence-electron chi connectivity index (χ0n) is 9.90. The Morgan fingerprint density at radius 3 is 2.29 bits per heavy atom. The summed E-state index contributed by atoms with van der Waals surface area (Å²) >= 11 is 3.16. The van der Waals surface area contributed by atoms with E-state index in [1.165, 1.54) is 6.08 Å². The predicted molar refractivity (Wildman–Crippen MR) is 66.8 cm³/mol. The van der Waals surface area contributed by atoms with Gasteiger partial charge in [-0.3, -0.25) is 4.79 Å². The maximum atomic E-state index is 11.5. The van der Waals surface area contributed by atoms with E-state index in [0.29, 0.717) is 4.48 Å². The standard InChI is InChI=1S/C12H15BrO4/c1-6(2)12(11(16)17)5-4-8(13)9(7(12)3)10(14)15/h4-7H,1-3H3,(H,14,15)(H,16,17). The van der Waals surface area contributed by atoms with Crippen molar-refractivity contribution in [3.63, 3.8) is 0 Å². The van der Waals surface area contributed by atoms with Crippen molar-refractivity contribution in [2.75, 3.05) is 0 Å². The van der Waals surface area contributed by atoms with Gasteiger partial charge >= 0.3 is 11.9 Å². The van der Waals surface area contributed by atoms with Gasteiger partial charge in [0, 0.05) is 10.4 Å². The number of halogens is 1. The number of carboxylic acids is 2. The van der Waals surface area contributed by atoms with Gasteiger partial charge in [0.15, 0.2) is 0 Å². The van der Waals surface area contributed by atoms with Crippen LogP contribution in [0.15, 0.2) is 22.2 Å². The van der Waals surface area contributed by atoms with Gasteiger partial charge in [0.2, 0.25) is 0 Å². The lowest BCUT2D eigenvalue weighted by Crippen LogP contribution is -2.43. The highest BCUT2D eigenvalue weighted by Crippen LogP contribution is 2.46. The molecule has 2 atom stereocenters. The van der Waals surface area contributed by atoms with Crippen LogP contribution in [0.4, 0.5) is 0 Å². The topological polar surface area (TPSA) is 74.6 Å². The monoisotopic (exact) mass is 302 g/mol. The Kier molecular flexibility index (Phi) is 3.81. The highest BCUT2D eigenvalue weighted by atomic mass is 79.9. The molecule has 0 spiro atoms. The molecule has 17 heavy (non-hydrogen) atoms. The molecule has 0 aromatic rings. The number of hydrogen-bond acceptors (Lipinski definition) is 2. The smallest absolute Gasteiger partial charge is 0.333 e. The van der Waals surface area contributed by atoms with E-state index in [2.05, 4.69) is 15.9 Å². The first kappa shape index (κ1) is 14.0. The minimum atomic E-state index is -1.16. The normalized spacial score (nSPS) is 28.6. The summed E-state index contributed by atoms with van der Waals surface area (Å²) in [7, 11) is 0. The maximum absolute atomic E-state index is 11.5. The van der Waals surface area contributed by atoms with Crippen LogP contribution in [0, 0.1) is 17.3 Å². The minimum Gasteiger partial charge on any atom is -0.481 e. The van der Waals surface area contributed by atoms with E-state index < -0.39 is 23.3 Å². The second-order valence-electron chi connectivity index (χ2n) is 4.51. The average Bonchev–Trinajstić information content (AvgIpc) is 2.16. The first-order valence-electron chi connectivity index (χ1n) is 5.30. The SMILES string of the molecule is CC(C)C1(C(=O)O)C=CC(Br)=C(C(=O)O)C1C. The van der Waals surface area contributed by atoms with E-state index >= 15 is 0 Å². The molecule has 1 rings (SSSR count). The summed E-state index contributed by atoms with van der Waals surface area (Å²) in [5, 5.41) is 18.6. The van der Waals surface area contributed by atoms with Crippen LogP contribution in [0.2, 0.25) is 0 Å². The van der Waals surface area contributed by atoms with E-state index in [0.717, 1.165) is 0 Å². The van der Waals surface area contributed by atoms with Gasteiger partial charge < -0.3 is 10.2 Å². The van der Waals surface area contributed by atoms with Crippen molar-refractivity contribution in [3.05, 3.63) is 22.2 Å². The Hall–Kier alpha value is -1.10. The molecule has 0 heterocycles. The summed E-state index contributed by atoms with van der Waals surface area (Å²) in [5.41, 5.74) is -1.05. The van der Waals surface area contributed by atoms with Crippen molar-refractivity contribution in [1.82, 2.24) is 0 Å².